The maximum Gasteiger partial charge on any atom is 0.309 e. The fraction of sp³-hybridized carbons (Fsp3) is 0.294. The first-order valence-electron chi connectivity index (χ1n) is 7.10. The van der Waals surface area contributed by atoms with Crippen LogP contribution in [-0.4, -0.2) is 29.1 Å². The molecule has 1 saturated heterocycles. The molecule has 1 aliphatic rings. The summed E-state index contributed by atoms with van der Waals surface area (Å²) in [6.45, 7) is 3.27. The van der Waals surface area contributed by atoms with Crippen molar-refractivity contribution in [2.45, 2.75) is 12.8 Å². The number of carboxylic acid groups (broad SMARTS) is 1. The van der Waals surface area contributed by atoms with Crippen LogP contribution in [0.2, 0.25) is 0 Å². The van der Waals surface area contributed by atoms with Crippen molar-refractivity contribution in [1.82, 2.24) is 4.98 Å². The van der Waals surface area contributed by atoms with Crippen LogP contribution in [0.1, 0.15) is 17.2 Å². The quantitative estimate of drug-likeness (QED) is 0.940. The molecular formula is C17H18N2O2. The van der Waals surface area contributed by atoms with Crippen LogP contribution in [0.25, 0.3) is 0 Å². The van der Waals surface area contributed by atoms with Crippen molar-refractivity contribution in [3.8, 4) is 0 Å². The average Bonchev–Trinajstić information content (AvgIpc) is 2.94. The molecule has 0 bridgehead atoms. The standard InChI is InChI=1S/C17H18N2O2/c1-12-5-7-13(8-6-12)19-10-14(15(11-19)17(20)21)16-4-2-3-9-18-16/h2-9,14-15H,10-11H2,1H3,(H,20,21)/t14-,15-/m0/s1. The monoisotopic (exact) mass is 282 g/mol. The Morgan fingerprint density at radius 3 is 2.57 bits per heavy atom. The fourth-order valence-corrected chi connectivity index (χ4v) is 2.92. The number of hydrogen-bond donors (Lipinski definition) is 1. The van der Waals surface area contributed by atoms with Gasteiger partial charge < -0.3 is 10.0 Å². The largest absolute Gasteiger partial charge is 0.481 e. The van der Waals surface area contributed by atoms with Gasteiger partial charge in [-0.1, -0.05) is 23.8 Å². The molecule has 0 unspecified atom stereocenters. The second-order valence-corrected chi connectivity index (χ2v) is 5.55. The number of hydrogen-bond acceptors (Lipinski definition) is 3. The zero-order chi connectivity index (χ0) is 14.8. The second-order valence-electron chi connectivity index (χ2n) is 5.55. The summed E-state index contributed by atoms with van der Waals surface area (Å²) in [5.74, 6) is -1.23. The highest BCUT2D eigenvalue weighted by Crippen LogP contribution is 2.34. The minimum atomic E-state index is -0.750. The zero-order valence-corrected chi connectivity index (χ0v) is 11.9. The summed E-state index contributed by atoms with van der Waals surface area (Å²) in [6, 6.07) is 13.9. The van der Waals surface area contributed by atoms with Gasteiger partial charge >= 0.3 is 5.97 Å². The summed E-state index contributed by atoms with van der Waals surface area (Å²) in [5, 5.41) is 9.50. The van der Waals surface area contributed by atoms with Gasteiger partial charge in [0.25, 0.3) is 0 Å². The molecule has 1 aliphatic heterocycles. The van der Waals surface area contributed by atoms with Crippen LogP contribution < -0.4 is 4.90 Å². The minimum Gasteiger partial charge on any atom is -0.481 e. The van der Waals surface area contributed by atoms with E-state index in [-0.39, 0.29) is 5.92 Å². The van der Waals surface area contributed by atoms with Crippen molar-refractivity contribution in [3.05, 3.63) is 59.9 Å². The maximum absolute atomic E-state index is 11.6. The van der Waals surface area contributed by atoms with E-state index < -0.39 is 11.9 Å². The van der Waals surface area contributed by atoms with E-state index in [4.69, 9.17) is 0 Å². The van der Waals surface area contributed by atoms with Crippen molar-refractivity contribution >= 4 is 11.7 Å². The van der Waals surface area contributed by atoms with Gasteiger partial charge in [-0.25, -0.2) is 0 Å². The smallest absolute Gasteiger partial charge is 0.309 e. The molecule has 1 aromatic carbocycles. The Hall–Kier alpha value is -2.36. The second kappa shape index (κ2) is 5.56. The van der Waals surface area contributed by atoms with Crippen molar-refractivity contribution in [1.29, 1.82) is 0 Å². The summed E-state index contributed by atoms with van der Waals surface area (Å²) in [6.07, 6.45) is 1.72. The molecule has 0 saturated carbocycles. The Morgan fingerprint density at radius 2 is 1.95 bits per heavy atom. The number of pyridine rings is 1. The lowest BCUT2D eigenvalue weighted by Crippen LogP contribution is -2.23. The van der Waals surface area contributed by atoms with Gasteiger partial charge in [0.05, 0.1) is 5.92 Å². The van der Waals surface area contributed by atoms with Crippen LogP contribution in [0.5, 0.6) is 0 Å². The number of aliphatic carboxylic acids is 1. The topological polar surface area (TPSA) is 53.4 Å². The van der Waals surface area contributed by atoms with Gasteiger partial charge in [0.15, 0.2) is 0 Å². The summed E-state index contributed by atoms with van der Waals surface area (Å²) < 4.78 is 0. The molecule has 2 atom stereocenters. The number of anilines is 1. The van der Waals surface area contributed by atoms with Gasteiger partial charge in [0, 0.05) is 36.6 Å². The first kappa shape index (κ1) is 13.6. The maximum atomic E-state index is 11.6. The van der Waals surface area contributed by atoms with Gasteiger partial charge in [-0.05, 0) is 31.2 Å². The molecule has 2 aromatic rings. The van der Waals surface area contributed by atoms with Crippen molar-refractivity contribution in [2.75, 3.05) is 18.0 Å². The third-order valence-corrected chi connectivity index (χ3v) is 4.10. The molecule has 1 N–H and O–H groups in total. The number of nitrogens with zero attached hydrogens (tertiary/aromatic N) is 2. The highest BCUT2D eigenvalue weighted by molar-refractivity contribution is 5.74. The number of rotatable bonds is 3. The Bertz CT molecular complexity index is 625. The van der Waals surface area contributed by atoms with Crippen LogP contribution in [-0.2, 0) is 4.79 Å². The van der Waals surface area contributed by atoms with E-state index in [1.54, 1.807) is 6.20 Å². The number of aryl methyl sites for hydroxylation is 1. The van der Waals surface area contributed by atoms with Gasteiger partial charge in [-0.15, -0.1) is 0 Å². The summed E-state index contributed by atoms with van der Waals surface area (Å²) in [5.41, 5.74) is 3.14. The lowest BCUT2D eigenvalue weighted by Gasteiger charge is -2.18. The Balaban J connectivity index is 1.88. The van der Waals surface area contributed by atoms with Crippen LogP contribution in [0, 0.1) is 12.8 Å². The molecule has 0 radical (unpaired) electrons. The van der Waals surface area contributed by atoms with E-state index in [1.165, 1.54) is 5.56 Å². The highest BCUT2D eigenvalue weighted by atomic mass is 16.4. The number of aromatic nitrogens is 1. The Kier molecular flexibility index (Phi) is 3.60. The molecule has 3 rings (SSSR count). The van der Waals surface area contributed by atoms with Gasteiger partial charge in [-0.3, -0.25) is 9.78 Å². The zero-order valence-electron chi connectivity index (χ0n) is 11.9. The molecule has 0 aliphatic carbocycles. The minimum absolute atomic E-state index is 0.0648. The van der Waals surface area contributed by atoms with Crippen molar-refractivity contribution < 1.29 is 9.90 Å². The van der Waals surface area contributed by atoms with Gasteiger partial charge in [0.2, 0.25) is 0 Å². The first-order chi connectivity index (χ1) is 10.1. The third kappa shape index (κ3) is 2.75. The molecule has 21 heavy (non-hydrogen) atoms. The van der Waals surface area contributed by atoms with Crippen molar-refractivity contribution in [2.24, 2.45) is 5.92 Å². The molecule has 4 nitrogen and oxygen atoms in total. The van der Waals surface area contributed by atoms with E-state index in [0.717, 1.165) is 11.4 Å². The highest BCUT2D eigenvalue weighted by Gasteiger charge is 2.39. The Labute approximate surface area is 124 Å². The predicted octanol–water partition coefficient (Wildman–Crippen LogP) is 2.69. The predicted molar refractivity (Wildman–Crippen MR) is 81.5 cm³/mol. The SMILES string of the molecule is Cc1ccc(N2C[C@H](C(=O)O)[C@@H](c3ccccn3)C2)cc1. The van der Waals surface area contributed by atoms with Gasteiger partial charge in [0.1, 0.15) is 0 Å². The molecule has 0 spiro atoms. The molecule has 4 heteroatoms. The molecule has 108 valence electrons. The summed E-state index contributed by atoms with van der Waals surface area (Å²) >= 11 is 0. The molecular weight excluding hydrogens is 264 g/mol. The summed E-state index contributed by atoms with van der Waals surface area (Å²) in [7, 11) is 0. The average molecular weight is 282 g/mol. The molecule has 1 aromatic heterocycles. The van der Waals surface area contributed by atoms with E-state index >= 15 is 0 Å². The van der Waals surface area contributed by atoms with Crippen molar-refractivity contribution in [3.63, 3.8) is 0 Å². The summed E-state index contributed by atoms with van der Waals surface area (Å²) in [4.78, 5) is 18.0. The number of carbonyl (C=O) groups is 1. The fourth-order valence-electron chi connectivity index (χ4n) is 2.92. The van der Waals surface area contributed by atoms with E-state index in [2.05, 4.69) is 34.1 Å². The first-order valence-corrected chi connectivity index (χ1v) is 7.10. The molecule has 2 heterocycles. The van der Waals surface area contributed by atoms with Crippen LogP contribution in [0.3, 0.4) is 0 Å². The molecule has 1 fully saturated rings. The van der Waals surface area contributed by atoms with E-state index in [1.807, 2.05) is 25.1 Å². The molecule has 0 amide bonds. The number of carboxylic acids is 1. The normalized spacial score (nSPS) is 21.5. The van der Waals surface area contributed by atoms with Crippen LogP contribution in [0.4, 0.5) is 5.69 Å². The van der Waals surface area contributed by atoms with E-state index in [9.17, 15) is 9.90 Å². The lowest BCUT2D eigenvalue weighted by molar-refractivity contribution is -0.141. The Morgan fingerprint density at radius 1 is 1.19 bits per heavy atom. The van der Waals surface area contributed by atoms with Gasteiger partial charge in [-0.2, -0.15) is 0 Å². The number of benzene rings is 1. The van der Waals surface area contributed by atoms with E-state index in [0.29, 0.717) is 13.1 Å². The lowest BCUT2D eigenvalue weighted by atomic mass is 9.93. The third-order valence-electron chi connectivity index (χ3n) is 4.10. The van der Waals surface area contributed by atoms with Crippen LogP contribution in [0.15, 0.2) is 48.7 Å². The van der Waals surface area contributed by atoms with Crippen LogP contribution >= 0.6 is 0 Å².